The summed E-state index contributed by atoms with van der Waals surface area (Å²) < 4.78 is 17.7. The summed E-state index contributed by atoms with van der Waals surface area (Å²) >= 11 is 1.55. The molecule has 0 amide bonds. The van der Waals surface area contributed by atoms with Crippen molar-refractivity contribution in [3.63, 3.8) is 0 Å². The van der Waals surface area contributed by atoms with Gasteiger partial charge in [-0.15, -0.1) is 11.3 Å². The van der Waals surface area contributed by atoms with Crippen LogP contribution < -0.4 is 9.47 Å². The van der Waals surface area contributed by atoms with Gasteiger partial charge in [0.05, 0.1) is 23.8 Å². The number of rotatable bonds is 4. The normalized spacial score (nSPS) is 11.3. The van der Waals surface area contributed by atoms with E-state index in [9.17, 15) is 0 Å². The lowest BCUT2D eigenvalue weighted by Gasteiger charge is -2.11. The van der Waals surface area contributed by atoms with Gasteiger partial charge in [-0.3, -0.25) is 4.98 Å². The summed E-state index contributed by atoms with van der Waals surface area (Å²) in [6.07, 6.45) is 4.27. The molecule has 24 heavy (non-hydrogen) atoms. The molecule has 0 saturated carbocycles. The first kappa shape index (κ1) is 14.9. The maximum Gasteiger partial charge on any atom is 0.268 e. The molecule has 0 radical (unpaired) electrons. The zero-order valence-corrected chi connectivity index (χ0v) is 14.3. The Balaban J connectivity index is 2.06. The van der Waals surface area contributed by atoms with E-state index in [0.29, 0.717) is 11.7 Å². The minimum absolute atomic E-state index is 0.513. The summed E-state index contributed by atoms with van der Waals surface area (Å²) in [5, 5.41) is 6.79. The average molecular weight is 341 g/mol. The number of pyridine rings is 1. The number of fused-ring (bicyclic) bond motifs is 2. The van der Waals surface area contributed by atoms with Gasteiger partial charge in [-0.05, 0) is 12.1 Å². The molecular formula is C17H15N3O3S. The molecule has 0 unspecified atom stereocenters. The van der Waals surface area contributed by atoms with Crippen molar-refractivity contribution in [2.24, 2.45) is 0 Å². The molecule has 0 aliphatic carbocycles. The maximum absolute atomic E-state index is 5.68. The SMILES string of the molecule is CCc1noc(-c2cc3c(OC)c4cnccc4c(OC)c3s2)n1. The van der Waals surface area contributed by atoms with E-state index in [4.69, 9.17) is 14.0 Å². The number of hydrogen-bond acceptors (Lipinski definition) is 7. The molecule has 1 aromatic carbocycles. The first-order valence-electron chi connectivity index (χ1n) is 7.51. The first-order valence-corrected chi connectivity index (χ1v) is 8.32. The second-order valence-corrected chi connectivity index (χ2v) is 6.26. The van der Waals surface area contributed by atoms with Gasteiger partial charge in [-0.1, -0.05) is 12.1 Å². The van der Waals surface area contributed by atoms with Crippen molar-refractivity contribution >= 4 is 32.2 Å². The standard InChI is InChI=1S/C17H15N3O3S/c1-4-13-19-17(23-20-13)12-7-10-14(21-2)11-8-18-6-5-9(11)15(22-3)16(10)24-12/h5-8H,4H2,1-3H3. The van der Waals surface area contributed by atoms with Crippen LogP contribution in [0.3, 0.4) is 0 Å². The summed E-state index contributed by atoms with van der Waals surface area (Å²) in [6.45, 7) is 1.99. The van der Waals surface area contributed by atoms with Crippen LogP contribution in [0.1, 0.15) is 12.7 Å². The number of thiophene rings is 1. The molecule has 3 heterocycles. The average Bonchev–Trinajstić information content (AvgIpc) is 3.26. The Hall–Kier alpha value is -2.67. The third-order valence-electron chi connectivity index (χ3n) is 3.90. The van der Waals surface area contributed by atoms with Gasteiger partial charge in [0.15, 0.2) is 5.82 Å². The minimum Gasteiger partial charge on any atom is -0.495 e. The highest BCUT2D eigenvalue weighted by atomic mass is 32.1. The van der Waals surface area contributed by atoms with E-state index in [0.717, 1.165) is 43.7 Å². The lowest BCUT2D eigenvalue weighted by molar-refractivity contribution is 0.418. The fraction of sp³-hybridized carbons (Fsp3) is 0.235. The molecule has 6 nitrogen and oxygen atoms in total. The van der Waals surface area contributed by atoms with Gasteiger partial charge in [0.1, 0.15) is 11.5 Å². The Morgan fingerprint density at radius 1 is 1.12 bits per heavy atom. The summed E-state index contributed by atoms with van der Waals surface area (Å²) in [5.74, 6) is 2.77. The van der Waals surface area contributed by atoms with Gasteiger partial charge in [-0.25, -0.2) is 0 Å². The smallest absolute Gasteiger partial charge is 0.268 e. The van der Waals surface area contributed by atoms with Gasteiger partial charge < -0.3 is 14.0 Å². The molecule has 0 atom stereocenters. The Kier molecular flexibility index (Phi) is 3.57. The molecule has 7 heteroatoms. The highest BCUT2D eigenvalue weighted by Gasteiger charge is 2.20. The second-order valence-electron chi connectivity index (χ2n) is 5.21. The molecular weight excluding hydrogens is 326 g/mol. The fourth-order valence-electron chi connectivity index (χ4n) is 2.79. The number of aryl methyl sites for hydroxylation is 1. The lowest BCUT2D eigenvalue weighted by Crippen LogP contribution is -1.91. The van der Waals surface area contributed by atoms with Crippen LogP contribution in [0.25, 0.3) is 31.6 Å². The van der Waals surface area contributed by atoms with Crippen LogP contribution in [0.4, 0.5) is 0 Å². The predicted molar refractivity (Wildman–Crippen MR) is 92.9 cm³/mol. The number of ether oxygens (including phenoxy) is 2. The third-order valence-corrected chi connectivity index (χ3v) is 5.02. The van der Waals surface area contributed by atoms with Crippen molar-refractivity contribution in [3.05, 3.63) is 30.4 Å². The van der Waals surface area contributed by atoms with E-state index < -0.39 is 0 Å². The quantitative estimate of drug-likeness (QED) is 0.557. The third kappa shape index (κ3) is 2.12. The second kappa shape index (κ2) is 5.76. The van der Waals surface area contributed by atoms with Crippen LogP contribution >= 0.6 is 11.3 Å². The van der Waals surface area contributed by atoms with Gasteiger partial charge >= 0.3 is 0 Å². The summed E-state index contributed by atoms with van der Waals surface area (Å²) in [4.78, 5) is 9.51. The van der Waals surface area contributed by atoms with Gasteiger partial charge in [0.25, 0.3) is 5.89 Å². The van der Waals surface area contributed by atoms with Gasteiger partial charge in [0, 0.05) is 35.0 Å². The van der Waals surface area contributed by atoms with Crippen LogP contribution in [0, 0.1) is 0 Å². The van der Waals surface area contributed by atoms with Crippen molar-refractivity contribution < 1.29 is 14.0 Å². The molecule has 122 valence electrons. The van der Waals surface area contributed by atoms with E-state index in [-0.39, 0.29) is 0 Å². The van der Waals surface area contributed by atoms with Crippen molar-refractivity contribution in [2.75, 3.05) is 14.2 Å². The molecule has 0 N–H and O–H groups in total. The molecule has 4 rings (SSSR count). The molecule has 0 fully saturated rings. The van der Waals surface area contributed by atoms with Gasteiger partial charge in [0.2, 0.25) is 0 Å². The Morgan fingerprint density at radius 2 is 1.96 bits per heavy atom. The van der Waals surface area contributed by atoms with E-state index in [1.165, 1.54) is 0 Å². The van der Waals surface area contributed by atoms with Crippen molar-refractivity contribution in [1.29, 1.82) is 0 Å². The predicted octanol–water partition coefficient (Wildman–Crippen LogP) is 4.08. The van der Waals surface area contributed by atoms with Crippen molar-refractivity contribution in [2.45, 2.75) is 13.3 Å². The number of aromatic nitrogens is 3. The van der Waals surface area contributed by atoms with Gasteiger partial charge in [-0.2, -0.15) is 4.98 Å². The number of methoxy groups -OCH3 is 2. The highest BCUT2D eigenvalue weighted by Crippen LogP contribution is 2.47. The molecule has 0 aliphatic heterocycles. The largest absolute Gasteiger partial charge is 0.495 e. The van der Waals surface area contributed by atoms with E-state index in [2.05, 4.69) is 15.1 Å². The fourth-order valence-corrected chi connectivity index (χ4v) is 3.91. The van der Waals surface area contributed by atoms with Crippen LogP contribution in [-0.4, -0.2) is 29.3 Å². The van der Waals surface area contributed by atoms with Crippen LogP contribution in [0.5, 0.6) is 11.5 Å². The lowest BCUT2D eigenvalue weighted by atomic mass is 10.1. The monoisotopic (exact) mass is 341 g/mol. The Bertz CT molecular complexity index is 978. The molecule has 0 saturated heterocycles. The number of benzene rings is 1. The van der Waals surface area contributed by atoms with E-state index in [1.54, 1.807) is 38.0 Å². The number of nitrogens with zero attached hydrogens (tertiary/aromatic N) is 3. The first-order chi connectivity index (χ1) is 11.8. The zero-order valence-electron chi connectivity index (χ0n) is 13.5. The Labute approximate surface area is 142 Å². The Morgan fingerprint density at radius 3 is 2.67 bits per heavy atom. The topological polar surface area (TPSA) is 70.3 Å². The maximum atomic E-state index is 5.68. The van der Waals surface area contributed by atoms with Crippen LogP contribution in [0.15, 0.2) is 29.0 Å². The van der Waals surface area contributed by atoms with E-state index in [1.807, 2.05) is 19.1 Å². The highest BCUT2D eigenvalue weighted by molar-refractivity contribution is 7.22. The van der Waals surface area contributed by atoms with Crippen molar-refractivity contribution in [3.8, 4) is 22.3 Å². The van der Waals surface area contributed by atoms with E-state index >= 15 is 0 Å². The minimum atomic E-state index is 0.513. The zero-order chi connectivity index (χ0) is 16.7. The number of hydrogen-bond donors (Lipinski definition) is 0. The van der Waals surface area contributed by atoms with Crippen molar-refractivity contribution in [1.82, 2.24) is 15.1 Å². The summed E-state index contributed by atoms with van der Waals surface area (Å²) in [6, 6.07) is 3.93. The van der Waals surface area contributed by atoms with Crippen LogP contribution in [0.2, 0.25) is 0 Å². The summed E-state index contributed by atoms with van der Waals surface area (Å²) in [5.41, 5.74) is 0. The molecule has 0 spiro atoms. The molecule has 0 bridgehead atoms. The molecule has 0 aliphatic rings. The van der Waals surface area contributed by atoms with Crippen LogP contribution in [-0.2, 0) is 6.42 Å². The molecule has 4 aromatic rings. The summed E-state index contributed by atoms with van der Waals surface area (Å²) in [7, 11) is 3.33. The molecule has 3 aromatic heterocycles.